The Kier molecular flexibility index (Phi) is 4.59. The van der Waals surface area contributed by atoms with Gasteiger partial charge in [0.1, 0.15) is 5.76 Å². The molecule has 2 heterocycles. The van der Waals surface area contributed by atoms with Crippen LogP contribution in [0, 0.1) is 5.92 Å². The van der Waals surface area contributed by atoms with Crippen molar-refractivity contribution in [1.82, 2.24) is 0 Å². The number of nitrogens with one attached hydrogen (secondary N) is 1. The van der Waals surface area contributed by atoms with Crippen molar-refractivity contribution in [3.05, 3.63) is 47.9 Å². The fourth-order valence-corrected chi connectivity index (χ4v) is 3.42. The van der Waals surface area contributed by atoms with Crippen molar-refractivity contribution >= 4 is 17.3 Å². The van der Waals surface area contributed by atoms with Crippen LogP contribution in [0.4, 0.5) is 24.5 Å². The van der Waals surface area contributed by atoms with Crippen LogP contribution in [0.2, 0.25) is 0 Å². The average molecular weight is 380 g/mol. The number of carbonyl (C=O) groups excluding carboxylic acids is 1. The first-order valence-corrected chi connectivity index (χ1v) is 8.81. The highest BCUT2D eigenvalue weighted by Gasteiger charge is 2.46. The van der Waals surface area contributed by atoms with Crippen LogP contribution >= 0.6 is 0 Å². The molecule has 8 heteroatoms. The van der Waals surface area contributed by atoms with Gasteiger partial charge in [0.05, 0.1) is 30.7 Å². The van der Waals surface area contributed by atoms with Crippen LogP contribution in [0.25, 0.3) is 0 Å². The summed E-state index contributed by atoms with van der Waals surface area (Å²) in [5.74, 6) is -0.159. The van der Waals surface area contributed by atoms with Gasteiger partial charge in [0.15, 0.2) is 0 Å². The first kappa shape index (κ1) is 17.9. The number of amides is 1. The number of hydrogen-bond acceptors (Lipinski definition) is 4. The molecule has 0 radical (unpaired) electrons. The number of benzene rings is 1. The fourth-order valence-electron chi connectivity index (χ4n) is 3.42. The maximum absolute atomic E-state index is 13.6. The molecule has 1 amide bonds. The Hall–Kier alpha value is -2.48. The highest BCUT2D eigenvalue weighted by Crippen LogP contribution is 2.48. The normalized spacial score (nSPS) is 22.6. The van der Waals surface area contributed by atoms with Crippen molar-refractivity contribution in [3.8, 4) is 0 Å². The van der Waals surface area contributed by atoms with Gasteiger partial charge in [-0.25, -0.2) is 0 Å². The number of morpholine rings is 1. The number of rotatable bonds is 4. The summed E-state index contributed by atoms with van der Waals surface area (Å²) in [5, 5.41) is 2.46. The molecule has 2 aromatic rings. The molecule has 1 N–H and O–H groups in total. The summed E-state index contributed by atoms with van der Waals surface area (Å²) in [6, 6.07) is 7.53. The molecule has 144 valence electrons. The van der Waals surface area contributed by atoms with Crippen molar-refractivity contribution in [1.29, 1.82) is 0 Å². The first-order valence-electron chi connectivity index (χ1n) is 8.81. The molecule has 2 fully saturated rings. The van der Waals surface area contributed by atoms with E-state index >= 15 is 0 Å². The van der Waals surface area contributed by atoms with Crippen molar-refractivity contribution in [2.24, 2.45) is 5.92 Å². The summed E-state index contributed by atoms with van der Waals surface area (Å²) in [6.45, 7) is 2.04. The average Bonchev–Trinajstić information content (AvgIpc) is 3.27. The van der Waals surface area contributed by atoms with E-state index in [9.17, 15) is 18.0 Å². The Morgan fingerprint density at radius 1 is 1.19 bits per heavy atom. The van der Waals surface area contributed by atoms with Gasteiger partial charge in [-0.1, -0.05) is 0 Å². The molecule has 1 saturated carbocycles. The van der Waals surface area contributed by atoms with E-state index in [0.717, 1.165) is 6.07 Å². The maximum Gasteiger partial charge on any atom is 0.418 e. The predicted octanol–water partition coefficient (Wildman–Crippen LogP) is 3.88. The van der Waals surface area contributed by atoms with Gasteiger partial charge in [0.25, 0.3) is 0 Å². The Balaban J connectivity index is 1.52. The van der Waals surface area contributed by atoms with E-state index in [2.05, 4.69) is 5.32 Å². The lowest BCUT2D eigenvalue weighted by atomic mass is 10.1. The molecule has 2 unspecified atom stereocenters. The minimum absolute atomic E-state index is 0.0676. The quantitative estimate of drug-likeness (QED) is 0.875. The molecule has 1 saturated heterocycles. The lowest BCUT2D eigenvalue weighted by Gasteiger charge is -2.29. The molecule has 0 bridgehead atoms. The second kappa shape index (κ2) is 6.92. The van der Waals surface area contributed by atoms with E-state index in [-0.39, 0.29) is 17.5 Å². The van der Waals surface area contributed by atoms with Crippen LogP contribution in [0.1, 0.15) is 23.7 Å². The summed E-state index contributed by atoms with van der Waals surface area (Å²) in [6.07, 6.45) is -2.46. The molecule has 2 atom stereocenters. The van der Waals surface area contributed by atoms with E-state index < -0.39 is 17.6 Å². The van der Waals surface area contributed by atoms with E-state index in [1.54, 1.807) is 18.2 Å². The second-order valence-corrected chi connectivity index (χ2v) is 6.78. The van der Waals surface area contributed by atoms with Crippen LogP contribution in [0.15, 0.2) is 41.0 Å². The van der Waals surface area contributed by atoms with Crippen LogP contribution in [0.3, 0.4) is 0 Å². The zero-order valence-corrected chi connectivity index (χ0v) is 14.5. The smallest absolute Gasteiger partial charge is 0.418 e. The summed E-state index contributed by atoms with van der Waals surface area (Å²) in [7, 11) is 0. The van der Waals surface area contributed by atoms with Crippen molar-refractivity contribution in [2.75, 3.05) is 36.5 Å². The summed E-state index contributed by atoms with van der Waals surface area (Å²) < 4.78 is 51.2. The summed E-state index contributed by atoms with van der Waals surface area (Å²) in [4.78, 5) is 14.2. The number of carbonyl (C=O) groups is 1. The van der Waals surface area contributed by atoms with Crippen molar-refractivity contribution in [3.63, 3.8) is 0 Å². The van der Waals surface area contributed by atoms with E-state index in [1.165, 1.54) is 12.3 Å². The number of anilines is 2. The zero-order valence-electron chi connectivity index (χ0n) is 14.5. The first-order chi connectivity index (χ1) is 12.9. The molecule has 4 rings (SSSR count). The molecule has 1 aromatic carbocycles. The van der Waals surface area contributed by atoms with Gasteiger partial charge in [0.2, 0.25) is 5.91 Å². The summed E-state index contributed by atoms with van der Waals surface area (Å²) in [5.41, 5.74) is -0.576. The molecule has 2 aliphatic rings. The minimum atomic E-state index is -4.56. The standard InChI is InChI=1S/C19H19F3N2O3/c20-19(21,22)15-10-12(24-5-8-26-9-6-24)3-4-16(15)23-18(25)14-11-13(14)17-2-1-7-27-17/h1-4,7,10,13-14H,5-6,8-9,11H2,(H,23,25). The molecule has 27 heavy (non-hydrogen) atoms. The lowest BCUT2D eigenvalue weighted by Crippen LogP contribution is -2.36. The highest BCUT2D eigenvalue weighted by atomic mass is 19.4. The molecular formula is C19H19F3N2O3. The van der Waals surface area contributed by atoms with E-state index in [1.807, 2.05) is 4.90 Å². The van der Waals surface area contributed by atoms with Gasteiger partial charge >= 0.3 is 6.18 Å². The Morgan fingerprint density at radius 2 is 1.96 bits per heavy atom. The van der Waals surface area contributed by atoms with Crippen molar-refractivity contribution in [2.45, 2.75) is 18.5 Å². The highest BCUT2D eigenvalue weighted by molar-refractivity contribution is 5.96. The maximum atomic E-state index is 13.6. The van der Waals surface area contributed by atoms with E-state index in [4.69, 9.17) is 9.15 Å². The number of furan rings is 1. The molecular weight excluding hydrogens is 361 g/mol. The van der Waals surface area contributed by atoms with Crippen LogP contribution in [0.5, 0.6) is 0 Å². The molecule has 1 aromatic heterocycles. The topological polar surface area (TPSA) is 54.7 Å². The predicted molar refractivity (Wildman–Crippen MR) is 92.7 cm³/mol. The van der Waals surface area contributed by atoms with Crippen LogP contribution in [-0.4, -0.2) is 32.2 Å². The molecule has 1 aliphatic carbocycles. The Labute approximate surface area is 154 Å². The van der Waals surface area contributed by atoms with E-state index in [0.29, 0.717) is 44.2 Å². The largest absolute Gasteiger partial charge is 0.469 e. The van der Waals surface area contributed by atoms with Gasteiger partial charge in [-0.15, -0.1) is 0 Å². The van der Waals surface area contributed by atoms with Gasteiger partial charge in [-0.3, -0.25) is 4.79 Å². The molecule has 0 spiro atoms. The second-order valence-electron chi connectivity index (χ2n) is 6.78. The summed E-state index contributed by atoms with van der Waals surface area (Å²) >= 11 is 0. The number of alkyl halides is 3. The van der Waals surface area contributed by atoms with Gasteiger partial charge in [-0.2, -0.15) is 13.2 Å². The number of halogens is 3. The minimum Gasteiger partial charge on any atom is -0.469 e. The van der Waals surface area contributed by atoms with Crippen LogP contribution in [-0.2, 0) is 15.7 Å². The zero-order chi connectivity index (χ0) is 19.0. The Bertz CT molecular complexity index is 814. The third-order valence-electron chi connectivity index (χ3n) is 4.98. The van der Waals surface area contributed by atoms with Crippen LogP contribution < -0.4 is 10.2 Å². The van der Waals surface area contributed by atoms with Gasteiger partial charge < -0.3 is 19.4 Å². The fraction of sp³-hybridized carbons (Fsp3) is 0.421. The third kappa shape index (κ3) is 3.80. The van der Waals surface area contributed by atoms with Crippen molar-refractivity contribution < 1.29 is 27.1 Å². The molecule has 1 aliphatic heterocycles. The SMILES string of the molecule is O=C(Nc1ccc(N2CCOCC2)cc1C(F)(F)F)C1CC1c1ccco1. The molecule has 5 nitrogen and oxygen atoms in total. The number of nitrogens with zero attached hydrogens (tertiary/aromatic N) is 1. The van der Waals surface area contributed by atoms with Gasteiger partial charge in [-0.05, 0) is 36.8 Å². The van der Waals surface area contributed by atoms with Gasteiger partial charge in [0, 0.05) is 30.6 Å². The monoisotopic (exact) mass is 380 g/mol. The number of ether oxygens (including phenoxy) is 1. The lowest BCUT2D eigenvalue weighted by molar-refractivity contribution is -0.137. The third-order valence-corrected chi connectivity index (χ3v) is 4.98. The Morgan fingerprint density at radius 3 is 2.63 bits per heavy atom. The number of hydrogen-bond donors (Lipinski definition) is 1.